The molecule has 1 heterocycles. The molecule has 0 amide bonds. The normalized spacial score (nSPS) is 13.1. The summed E-state index contributed by atoms with van der Waals surface area (Å²) in [4.78, 5) is 14.2. The molecule has 1 atom stereocenters. The van der Waals surface area contributed by atoms with Crippen molar-refractivity contribution in [1.29, 1.82) is 0 Å². The number of aliphatic hydroxyl groups is 1. The maximum atomic E-state index is 12.1. The summed E-state index contributed by atoms with van der Waals surface area (Å²) in [6.07, 6.45) is -6.25. The van der Waals surface area contributed by atoms with Crippen molar-refractivity contribution in [2.45, 2.75) is 18.7 Å². The number of nitrogens with zero attached hydrogens (tertiary/aromatic N) is 2. The van der Waals surface area contributed by atoms with Gasteiger partial charge < -0.3 is 9.84 Å². The van der Waals surface area contributed by atoms with E-state index in [9.17, 15) is 28.4 Å². The van der Waals surface area contributed by atoms with E-state index in [1.807, 2.05) is 0 Å². The molecule has 1 N–H and O–H groups in total. The zero-order chi connectivity index (χ0) is 16.3. The van der Waals surface area contributed by atoms with Gasteiger partial charge in [-0.05, 0) is 18.2 Å². The number of halogens is 3. The highest BCUT2D eigenvalue weighted by molar-refractivity contribution is 5.91. The van der Waals surface area contributed by atoms with E-state index in [1.165, 1.54) is 24.4 Å². The number of fused-ring (bicyclic) bond motifs is 1. The Morgan fingerprint density at radius 3 is 2.73 bits per heavy atom. The fourth-order valence-electron chi connectivity index (χ4n) is 1.92. The lowest BCUT2D eigenvalue weighted by atomic mass is 10.1. The zero-order valence-electron chi connectivity index (χ0n) is 11.1. The first-order valence-electron chi connectivity index (χ1n) is 6.17. The van der Waals surface area contributed by atoms with Gasteiger partial charge in [-0.2, -0.15) is 13.2 Å². The van der Waals surface area contributed by atoms with Crippen molar-refractivity contribution in [1.82, 2.24) is 4.98 Å². The monoisotopic (exact) mass is 316 g/mol. The van der Waals surface area contributed by atoms with Crippen molar-refractivity contribution < 1.29 is 27.9 Å². The highest BCUT2D eigenvalue weighted by atomic mass is 19.4. The number of ether oxygens (including phenoxy) is 1. The van der Waals surface area contributed by atoms with Gasteiger partial charge in [-0.1, -0.05) is 0 Å². The van der Waals surface area contributed by atoms with Gasteiger partial charge in [0.15, 0.2) is 5.52 Å². The Morgan fingerprint density at radius 1 is 1.36 bits per heavy atom. The lowest BCUT2D eigenvalue weighted by Crippen LogP contribution is -2.25. The summed E-state index contributed by atoms with van der Waals surface area (Å²) in [5, 5.41) is 20.5. The number of aliphatic hydroxyl groups excluding tert-OH is 1. The molecule has 0 fully saturated rings. The lowest BCUT2D eigenvalue weighted by Gasteiger charge is -2.15. The second-order valence-electron chi connectivity index (χ2n) is 4.52. The van der Waals surface area contributed by atoms with E-state index in [-0.39, 0.29) is 22.3 Å². The largest absolute Gasteiger partial charge is 0.490 e. The molecule has 0 bridgehead atoms. The molecular weight excluding hydrogens is 305 g/mol. The van der Waals surface area contributed by atoms with Crippen LogP contribution in [0.4, 0.5) is 18.9 Å². The molecule has 0 aliphatic carbocycles. The SMILES string of the molecule is O=[N+]([O-])c1ccc(OC[C@H](O)CC(F)(F)F)c2cccnc12. The second-order valence-corrected chi connectivity index (χ2v) is 4.52. The van der Waals surface area contributed by atoms with Crippen molar-refractivity contribution in [2.24, 2.45) is 0 Å². The number of pyridine rings is 1. The third-order valence-corrected chi connectivity index (χ3v) is 2.80. The molecule has 1 aromatic heterocycles. The molecule has 0 aliphatic heterocycles. The number of alkyl halides is 3. The van der Waals surface area contributed by atoms with Crippen LogP contribution in [-0.2, 0) is 0 Å². The van der Waals surface area contributed by atoms with E-state index < -0.39 is 30.2 Å². The summed E-state index contributed by atoms with van der Waals surface area (Å²) in [6, 6.07) is 5.44. The lowest BCUT2D eigenvalue weighted by molar-refractivity contribution is -0.383. The summed E-state index contributed by atoms with van der Waals surface area (Å²) < 4.78 is 41.5. The van der Waals surface area contributed by atoms with E-state index in [0.717, 1.165) is 6.07 Å². The standard InChI is InChI=1S/C13H11F3N2O4/c14-13(15,16)6-8(19)7-22-11-4-3-10(18(20)21)12-9(11)2-1-5-17-12/h1-5,8,19H,6-7H2/t8-/m1/s1. The molecule has 6 nitrogen and oxygen atoms in total. The van der Waals surface area contributed by atoms with Crippen molar-refractivity contribution >= 4 is 16.6 Å². The van der Waals surface area contributed by atoms with Crippen molar-refractivity contribution in [3.8, 4) is 5.75 Å². The number of rotatable bonds is 5. The topological polar surface area (TPSA) is 85.5 Å². The van der Waals surface area contributed by atoms with Crippen LogP contribution >= 0.6 is 0 Å². The molecule has 118 valence electrons. The Bertz CT molecular complexity index is 691. The molecule has 9 heteroatoms. The van der Waals surface area contributed by atoms with Gasteiger partial charge in [0, 0.05) is 17.6 Å². The summed E-state index contributed by atoms with van der Waals surface area (Å²) in [5.41, 5.74) is -0.172. The molecule has 0 saturated heterocycles. The maximum absolute atomic E-state index is 12.1. The third-order valence-electron chi connectivity index (χ3n) is 2.80. The van der Waals surface area contributed by atoms with Gasteiger partial charge in [-0.15, -0.1) is 0 Å². The molecule has 0 aliphatic rings. The van der Waals surface area contributed by atoms with Crippen molar-refractivity contribution in [3.05, 3.63) is 40.6 Å². The van der Waals surface area contributed by atoms with Crippen LogP contribution < -0.4 is 4.74 Å². The highest BCUT2D eigenvalue weighted by Crippen LogP contribution is 2.31. The number of non-ortho nitro benzene ring substituents is 1. The van der Waals surface area contributed by atoms with E-state index in [0.29, 0.717) is 0 Å². The third kappa shape index (κ3) is 3.82. The first-order chi connectivity index (χ1) is 10.3. The van der Waals surface area contributed by atoms with Gasteiger partial charge in [-0.3, -0.25) is 10.1 Å². The Morgan fingerprint density at radius 2 is 2.09 bits per heavy atom. The highest BCUT2D eigenvalue weighted by Gasteiger charge is 2.31. The molecule has 2 aromatic rings. The average molecular weight is 316 g/mol. The number of nitro groups is 1. The first-order valence-corrected chi connectivity index (χ1v) is 6.17. The van der Waals surface area contributed by atoms with Crippen LogP contribution in [0.5, 0.6) is 5.75 Å². The predicted molar refractivity (Wildman–Crippen MR) is 70.6 cm³/mol. The predicted octanol–water partition coefficient (Wildman–Crippen LogP) is 2.84. The summed E-state index contributed by atoms with van der Waals surface area (Å²) >= 11 is 0. The molecular formula is C13H11F3N2O4. The van der Waals surface area contributed by atoms with Crippen LogP contribution in [0, 0.1) is 10.1 Å². The number of aromatic nitrogens is 1. The van der Waals surface area contributed by atoms with E-state index >= 15 is 0 Å². The summed E-state index contributed by atoms with van der Waals surface area (Å²) in [7, 11) is 0. The molecule has 0 spiro atoms. The quantitative estimate of drug-likeness (QED) is 0.677. The van der Waals surface area contributed by atoms with Crippen LogP contribution in [-0.4, -0.2) is 33.9 Å². The molecule has 0 radical (unpaired) electrons. The smallest absolute Gasteiger partial charge is 0.391 e. The second kappa shape index (κ2) is 6.14. The molecule has 22 heavy (non-hydrogen) atoms. The summed E-state index contributed by atoms with van der Waals surface area (Å²) in [6.45, 7) is -0.582. The fourth-order valence-corrected chi connectivity index (χ4v) is 1.92. The van der Waals surface area contributed by atoms with E-state index in [1.54, 1.807) is 0 Å². The Hall–Kier alpha value is -2.42. The number of nitro benzene ring substituents is 1. The zero-order valence-corrected chi connectivity index (χ0v) is 11.1. The first kappa shape index (κ1) is 16.0. The van der Waals surface area contributed by atoms with Crippen molar-refractivity contribution in [2.75, 3.05) is 6.61 Å². The van der Waals surface area contributed by atoms with Gasteiger partial charge in [-0.25, -0.2) is 4.98 Å². The minimum absolute atomic E-state index is 0.0651. The number of hydrogen-bond donors (Lipinski definition) is 1. The molecule has 2 rings (SSSR count). The average Bonchev–Trinajstić information content (AvgIpc) is 2.42. The van der Waals surface area contributed by atoms with Crippen LogP contribution in [0.15, 0.2) is 30.5 Å². The molecule has 0 saturated carbocycles. The van der Waals surface area contributed by atoms with E-state index in [2.05, 4.69) is 4.98 Å². The van der Waals surface area contributed by atoms with Gasteiger partial charge in [0.1, 0.15) is 12.4 Å². The van der Waals surface area contributed by atoms with Gasteiger partial charge in [0.25, 0.3) is 5.69 Å². The minimum Gasteiger partial charge on any atom is -0.490 e. The van der Waals surface area contributed by atoms with Crippen molar-refractivity contribution in [3.63, 3.8) is 0 Å². The van der Waals surface area contributed by atoms with Crippen LogP contribution in [0.3, 0.4) is 0 Å². The molecule has 0 unspecified atom stereocenters. The number of benzene rings is 1. The van der Waals surface area contributed by atoms with Gasteiger partial charge >= 0.3 is 6.18 Å². The van der Waals surface area contributed by atoms with Gasteiger partial charge in [0.2, 0.25) is 0 Å². The molecule has 1 aromatic carbocycles. The van der Waals surface area contributed by atoms with E-state index in [4.69, 9.17) is 4.74 Å². The van der Waals surface area contributed by atoms with Crippen LogP contribution in [0.2, 0.25) is 0 Å². The van der Waals surface area contributed by atoms with Crippen LogP contribution in [0.1, 0.15) is 6.42 Å². The minimum atomic E-state index is -4.50. The number of hydrogen-bond acceptors (Lipinski definition) is 5. The maximum Gasteiger partial charge on any atom is 0.391 e. The Kier molecular flexibility index (Phi) is 4.45. The Labute approximate surface area is 122 Å². The van der Waals surface area contributed by atoms with Gasteiger partial charge in [0.05, 0.1) is 17.4 Å². The fraction of sp³-hybridized carbons (Fsp3) is 0.308. The Balaban J connectivity index is 2.22. The summed E-state index contributed by atoms with van der Waals surface area (Å²) in [5.74, 6) is 0.120. The van der Waals surface area contributed by atoms with Crippen LogP contribution in [0.25, 0.3) is 10.9 Å².